The molecule has 0 saturated carbocycles. The number of likely N-dealkylation sites (tertiary alicyclic amines) is 1. The summed E-state index contributed by atoms with van der Waals surface area (Å²) in [5.74, 6) is -1.31. The first-order valence-electron chi connectivity index (χ1n) is 6.85. The van der Waals surface area contributed by atoms with Crippen molar-refractivity contribution in [3.8, 4) is 0 Å². The van der Waals surface area contributed by atoms with E-state index in [-0.39, 0.29) is 12.5 Å². The SMILES string of the molecule is O=C(O)CC1CCCCN1C(=O)C(O)c1ccccc1. The van der Waals surface area contributed by atoms with Gasteiger partial charge in [-0.2, -0.15) is 0 Å². The molecule has 1 aromatic carbocycles. The lowest BCUT2D eigenvalue weighted by Gasteiger charge is -2.36. The van der Waals surface area contributed by atoms with Crippen LogP contribution in [0.3, 0.4) is 0 Å². The Hall–Kier alpha value is -1.88. The molecule has 2 atom stereocenters. The zero-order chi connectivity index (χ0) is 14.5. The molecule has 108 valence electrons. The number of piperidine rings is 1. The predicted molar refractivity (Wildman–Crippen MR) is 73.0 cm³/mol. The number of hydrogen-bond acceptors (Lipinski definition) is 3. The molecule has 0 bridgehead atoms. The molecule has 0 aliphatic carbocycles. The molecule has 1 aliphatic heterocycles. The van der Waals surface area contributed by atoms with Crippen LogP contribution in [0.25, 0.3) is 0 Å². The van der Waals surface area contributed by atoms with E-state index in [0.717, 1.165) is 12.8 Å². The number of aliphatic hydroxyl groups is 1. The van der Waals surface area contributed by atoms with E-state index < -0.39 is 18.0 Å². The van der Waals surface area contributed by atoms with Crippen molar-refractivity contribution in [3.63, 3.8) is 0 Å². The van der Waals surface area contributed by atoms with Crippen molar-refractivity contribution >= 4 is 11.9 Å². The Labute approximate surface area is 117 Å². The second kappa shape index (κ2) is 6.52. The van der Waals surface area contributed by atoms with Crippen LogP contribution in [-0.4, -0.2) is 39.6 Å². The lowest BCUT2D eigenvalue weighted by molar-refractivity contribution is -0.147. The summed E-state index contributed by atoms with van der Waals surface area (Å²) in [6, 6.07) is 8.41. The van der Waals surface area contributed by atoms with Crippen LogP contribution >= 0.6 is 0 Å². The Bertz CT molecular complexity index is 474. The van der Waals surface area contributed by atoms with Crippen LogP contribution in [0.4, 0.5) is 0 Å². The summed E-state index contributed by atoms with van der Waals surface area (Å²) < 4.78 is 0. The van der Waals surface area contributed by atoms with Gasteiger partial charge in [0, 0.05) is 12.6 Å². The van der Waals surface area contributed by atoms with Crippen molar-refractivity contribution in [2.45, 2.75) is 37.8 Å². The number of aliphatic carboxylic acids is 1. The number of aliphatic hydroxyl groups excluding tert-OH is 1. The highest BCUT2D eigenvalue weighted by Gasteiger charge is 2.32. The van der Waals surface area contributed by atoms with E-state index in [2.05, 4.69) is 0 Å². The third-order valence-corrected chi connectivity index (χ3v) is 3.67. The summed E-state index contributed by atoms with van der Waals surface area (Å²) in [7, 11) is 0. The Morgan fingerprint density at radius 3 is 2.60 bits per heavy atom. The Balaban J connectivity index is 2.11. The Morgan fingerprint density at radius 2 is 1.95 bits per heavy atom. The predicted octanol–water partition coefficient (Wildman–Crippen LogP) is 1.58. The van der Waals surface area contributed by atoms with E-state index in [1.54, 1.807) is 24.3 Å². The number of carbonyl (C=O) groups is 2. The first-order valence-corrected chi connectivity index (χ1v) is 6.85. The number of benzene rings is 1. The van der Waals surface area contributed by atoms with Crippen LogP contribution in [0.2, 0.25) is 0 Å². The van der Waals surface area contributed by atoms with Crippen molar-refractivity contribution < 1.29 is 19.8 Å². The van der Waals surface area contributed by atoms with Gasteiger partial charge in [-0.15, -0.1) is 0 Å². The number of carboxylic acid groups (broad SMARTS) is 1. The van der Waals surface area contributed by atoms with Crippen molar-refractivity contribution in [1.29, 1.82) is 0 Å². The molecule has 0 spiro atoms. The quantitative estimate of drug-likeness (QED) is 0.875. The Morgan fingerprint density at radius 1 is 1.25 bits per heavy atom. The minimum absolute atomic E-state index is 0.0623. The normalized spacial score (nSPS) is 20.4. The monoisotopic (exact) mass is 277 g/mol. The Kier molecular flexibility index (Phi) is 4.74. The van der Waals surface area contributed by atoms with Gasteiger partial charge in [-0.3, -0.25) is 9.59 Å². The topological polar surface area (TPSA) is 77.8 Å². The fourth-order valence-electron chi connectivity index (χ4n) is 2.64. The average Bonchev–Trinajstić information content (AvgIpc) is 2.46. The minimum atomic E-state index is -1.22. The third kappa shape index (κ3) is 3.36. The lowest BCUT2D eigenvalue weighted by Crippen LogP contribution is -2.46. The lowest BCUT2D eigenvalue weighted by atomic mass is 9.97. The maximum Gasteiger partial charge on any atom is 0.305 e. The first-order chi connectivity index (χ1) is 9.59. The van der Waals surface area contributed by atoms with Gasteiger partial charge < -0.3 is 15.1 Å². The molecule has 1 aromatic rings. The molecule has 5 heteroatoms. The number of carboxylic acids is 1. The fourth-order valence-corrected chi connectivity index (χ4v) is 2.64. The van der Waals surface area contributed by atoms with Gasteiger partial charge in [0.2, 0.25) is 0 Å². The highest BCUT2D eigenvalue weighted by molar-refractivity contribution is 5.83. The molecular formula is C15H19NO4. The second-order valence-electron chi connectivity index (χ2n) is 5.09. The number of rotatable bonds is 4. The van der Waals surface area contributed by atoms with Crippen LogP contribution in [0.1, 0.15) is 37.4 Å². The standard InChI is InChI=1S/C15H19NO4/c17-13(18)10-12-8-4-5-9-16(12)15(20)14(19)11-6-2-1-3-7-11/h1-3,6-7,12,14,19H,4-5,8-10H2,(H,17,18). The number of nitrogens with zero attached hydrogens (tertiary/aromatic N) is 1. The van der Waals surface area contributed by atoms with E-state index in [1.807, 2.05) is 6.07 Å². The molecule has 5 nitrogen and oxygen atoms in total. The summed E-state index contributed by atoms with van der Waals surface area (Å²) >= 11 is 0. The summed E-state index contributed by atoms with van der Waals surface area (Å²) in [6.45, 7) is 0.515. The molecule has 2 unspecified atom stereocenters. The molecule has 0 aromatic heterocycles. The average molecular weight is 277 g/mol. The summed E-state index contributed by atoms with van der Waals surface area (Å²) in [5.41, 5.74) is 0.539. The molecule has 0 radical (unpaired) electrons. The molecule has 20 heavy (non-hydrogen) atoms. The van der Waals surface area contributed by atoms with Gasteiger partial charge in [0.25, 0.3) is 5.91 Å². The first kappa shape index (κ1) is 14.5. The summed E-state index contributed by atoms with van der Waals surface area (Å²) in [4.78, 5) is 24.8. The van der Waals surface area contributed by atoms with Crippen LogP contribution in [0.15, 0.2) is 30.3 Å². The number of carbonyl (C=O) groups excluding carboxylic acids is 1. The van der Waals surface area contributed by atoms with Crippen LogP contribution in [-0.2, 0) is 9.59 Å². The van der Waals surface area contributed by atoms with E-state index in [1.165, 1.54) is 4.90 Å². The van der Waals surface area contributed by atoms with Crippen molar-refractivity contribution in [1.82, 2.24) is 4.90 Å². The summed E-state index contributed by atoms with van der Waals surface area (Å²) in [6.07, 6.45) is 1.17. The zero-order valence-electron chi connectivity index (χ0n) is 11.2. The smallest absolute Gasteiger partial charge is 0.305 e. The molecule has 1 aliphatic rings. The molecule has 1 fully saturated rings. The van der Waals surface area contributed by atoms with Crippen molar-refractivity contribution in [2.75, 3.05) is 6.54 Å². The highest BCUT2D eigenvalue weighted by atomic mass is 16.4. The second-order valence-corrected chi connectivity index (χ2v) is 5.09. The molecule has 2 N–H and O–H groups in total. The largest absolute Gasteiger partial charge is 0.481 e. The fraction of sp³-hybridized carbons (Fsp3) is 0.467. The van der Waals surface area contributed by atoms with Gasteiger partial charge in [0.15, 0.2) is 6.10 Å². The molecular weight excluding hydrogens is 258 g/mol. The summed E-state index contributed by atoms with van der Waals surface area (Å²) in [5, 5.41) is 19.1. The molecule has 1 amide bonds. The van der Waals surface area contributed by atoms with Crippen LogP contribution in [0, 0.1) is 0 Å². The maximum absolute atomic E-state index is 12.4. The molecule has 1 heterocycles. The van der Waals surface area contributed by atoms with Gasteiger partial charge in [-0.05, 0) is 24.8 Å². The van der Waals surface area contributed by atoms with Gasteiger partial charge in [0.1, 0.15) is 0 Å². The van der Waals surface area contributed by atoms with E-state index in [9.17, 15) is 14.7 Å². The van der Waals surface area contributed by atoms with E-state index in [0.29, 0.717) is 18.5 Å². The van der Waals surface area contributed by atoms with Crippen LogP contribution in [0.5, 0.6) is 0 Å². The van der Waals surface area contributed by atoms with Gasteiger partial charge >= 0.3 is 5.97 Å². The van der Waals surface area contributed by atoms with Crippen molar-refractivity contribution in [3.05, 3.63) is 35.9 Å². The molecule has 1 saturated heterocycles. The van der Waals surface area contributed by atoms with E-state index >= 15 is 0 Å². The minimum Gasteiger partial charge on any atom is -0.481 e. The highest BCUT2D eigenvalue weighted by Crippen LogP contribution is 2.24. The molecule has 2 rings (SSSR count). The van der Waals surface area contributed by atoms with Gasteiger partial charge in [-0.25, -0.2) is 0 Å². The number of hydrogen-bond donors (Lipinski definition) is 2. The number of amides is 1. The van der Waals surface area contributed by atoms with Gasteiger partial charge in [-0.1, -0.05) is 30.3 Å². The van der Waals surface area contributed by atoms with Crippen LogP contribution < -0.4 is 0 Å². The van der Waals surface area contributed by atoms with Gasteiger partial charge in [0.05, 0.1) is 6.42 Å². The zero-order valence-corrected chi connectivity index (χ0v) is 11.2. The third-order valence-electron chi connectivity index (χ3n) is 3.67. The maximum atomic E-state index is 12.4. The van der Waals surface area contributed by atoms with Crippen molar-refractivity contribution in [2.24, 2.45) is 0 Å². The van der Waals surface area contributed by atoms with E-state index in [4.69, 9.17) is 5.11 Å².